The molecule has 0 spiro atoms. The van der Waals surface area contributed by atoms with Gasteiger partial charge in [0.1, 0.15) is 11.5 Å². The molecule has 34 heavy (non-hydrogen) atoms. The topological polar surface area (TPSA) is 96.3 Å². The van der Waals surface area contributed by atoms with E-state index < -0.39 is 17.7 Å². The monoisotopic (exact) mass is 467 g/mol. The molecule has 1 fully saturated rings. The van der Waals surface area contributed by atoms with Crippen LogP contribution in [0.25, 0.3) is 5.76 Å². The van der Waals surface area contributed by atoms with Gasteiger partial charge in [-0.2, -0.15) is 0 Å². The first-order valence-corrected chi connectivity index (χ1v) is 11.5. The first-order valence-electron chi connectivity index (χ1n) is 11.5. The van der Waals surface area contributed by atoms with E-state index in [0.717, 1.165) is 5.56 Å². The van der Waals surface area contributed by atoms with E-state index in [-0.39, 0.29) is 28.2 Å². The number of likely N-dealkylation sites (tertiary alicyclic amines) is 1. The largest absolute Gasteiger partial charge is 0.507 e. The number of methoxy groups -OCH3 is 1. The highest BCUT2D eigenvalue weighted by molar-refractivity contribution is 6.46. The number of carbonyl (C=O) groups excluding carboxylic acids is 2. The van der Waals surface area contributed by atoms with Crippen molar-refractivity contribution in [1.29, 1.82) is 0 Å². The number of hydrogen-bond donors (Lipinski definition) is 2. The van der Waals surface area contributed by atoms with Gasteiger partial charge >= 0.3 is 0 Å². The molecule has 1 unspecified atom stereocenters. The molecule has 1 aliphatic rings. The zero-order chi connectivity index (χ0) is 25.2. The Balaban J connectivity index is 2.24. The van der Waals surface area contributed by atoms with Gasteiger partial charge in [-0.05, 0) is 54.7 Å². The van der Waals surface area contributed by atoms with Crippen molar-refractivity contribution >= 4 is 17.4 Å². The van der Waals surface area contributed by atoms with Crippen molar-refractivity contribution in [3.05, 3.63) is 58.7 Å². The van der Waals surface area contributed by atoms with Crippen LogP contribution in [0.2, 0.25) is 0 Å². The van der Waals surface area contributed by atoms with E-state index in [4.69, 9.17) is 9.47 Å². The lowest BCUT2D eigenvalue weighted by Crippen LogP contribution is -2.30. The summed E-state index contributed by atoms with van der Waals surface area (Å²) in [5, 5.41) is 21.5. The van der Waals surface area contributed by atoms with Crippen molar-refractivity contribution in [3.8, 4) is 17.2 Å². The van der Waals surface area contributed by atoms with Gasteiger partial charge in [-0.15, -0.1) is 0 Å². The highest BCUT2D eigenvalue weighted by Crippen LogP contribution is 2.43. The normalized spacial score (nSPS) is 17.8. The molecule has 0 aliphatic carbocycles. The zero-order valence-corrected chi connectivity index (χ0v) is 20.6. The minimum atomic E-state index is -0.806. The molecule has 1 saturated heterocycles. The number of carbonyl (C=O) groups is 2. The number of rotatable bonds is 7. The van der Waals surface area contributed by atoms with Crippen LogP contribution in [0.15, 0.2) is 42.0 Å². The summed E-state index contributed by atoms with van der Waals surface area (Å²) in [5.74, 6) is -0.767. The van der Waals surface area contributed by atoms with E-state index in [0.29, 0.717) is 36.4 Å². The van der Waals surface area contributed by atoms with Crippen LogP contribution < -0.4 is 9.47 Å². The standard InChI is InChI=1S/C27H33NO6/c1-7-13-28-23(16-9-11-19(29)21(15-16)34-8-2)22(25(31)26(28)32)24(30)17-10-12-20(33-6)18(14-17)27(3,4)5/h9-12,14-15,23,29-30H,7-8,13H2,1-6H3/b24-22+. The third-order valence-corrected chi connectivity index (χ3v) is 5.88. The molecule has 3 rings (SSSR count). The fourth-order valence-corrected chi connectivity index (χ4v) is 4.27. The van der Waals surface area contributed by atoms with Gasteiger partial charge in [0.2, 0.25) is 0 Å². The molecule has 182 valence electrons. The number of aliphatic hydroxyl groups excluding tert-OH is 1. The minimum Gasteiger partial charge on any atom is -0.507 e. The van der Waals surface area contributed by atoms with Crippen molar-refractivity contribution in [2.75, 3.05) is 20.3 Å². The van der Waals surface area contributed by atoms with Crippen molar-refractivity contribution in [2.24, 2.45) is 0 Å². The fourth-order valence-electron chi connectivity index (χ4n) is 4.27. The minimum absolute atomic E-state index is 0.0108. The van der Waals surface area contributed by atoms with Crippen molar-refractivity contribution in [3.63, 3.8) is 0 Å². The van der Waals surface area contributed by atoms with Crippen LogP contribution in [0, 0.1) is 0 Å². The number of aliphatic hydroxyl groups is 1. The first-order chi connectivity index (χ1) is 16.0. The third kappa shape index (κ3) is 4.60. The Morgan fingerprint density at radius 2 is 1.76 bits per heavy atom. The molecule has 7 heteroatoms. The van der Waals surface area contributed by atoms with Crippen LogP contribution >= 0.6 is 0 Å². The second kappa shape index (κ2) is 9.79. The van der Waals surface area contributed by atoms with Gasteiger partial charge in [-0.25, -0.2) is 0 Å². The third-order valence-electron chi connectivity index (χ3n) is 5.88. The first kappa shape index (κ1) is 25.1. The van der Waals surface area contributed by atoms with Crippen LogP contribution in [0.3, 0.4) is 0 Å². The molecular formula is C27H33NO6. The summed E-state index contributed by atoms with van der Waals surface area (Å²) < 4.78 is 11.0. The molecular weight excluding hydrogens is 434 g/mol. The number of Topliss-reactive ketones (excluding diaryl/α,β-unsaturated/α-hetero) is 1. The molecule has 0 radical (unpaired) electrons. The van der Waals surface area contributed by atoms with E-state index in [1.54, 1.807) is 44.4 Å². The average molecular weight is 468 g/mol. The van der Waals surface area contributed by atoms with E-state index in [9.17, 15) is 19.8 Å². The Labute approximate surface area is 200 Å². The molecule has 1 aliphatic heterocycles. The molecule has 1 atom stereocenters. The van der Waals surface area contributed by atoms with Gasteiger partial charge in [-0.3, -0.25) is 9.59 Å². The predicted molar refractivity (Wildman–Crippen MR) is 130 cm³/mol. The number of amides is 1. The van der Waals surface area contributed by atoms with E-state index in [1.807, 2.05) is 27.7 Å². The Morgan fingerprint density at radius 1 is 1.06 bits per heavy atom. The SMILES string of the molecule is CCCN1C(=O)C(=O)/C(=C(/O)c2ccc(OC)c(C(C)(C)C)c2)C1c1ccc(O)c(OCC)c1. The summed E-state index contributed by atoms with van der Waals surface area (Å²) in [6.07, 6.45) is 0.636. The fraction of sp³-hybridized carbons (Fsp3) is 0.407. The summed E-state index contributed by atoms with van der Waals surface area (Å²) in [6.45, 7) is 10.5. The summed E-state index contributed by atoms with van der Waals surface area (Å²) in [7, 11) is 1.58. The Morgan fingerprint density at radius 3 is 2.35 bits per heavy atom. The van der Waals surface area contributed by atoms with E-state index in [1.165, 1.54) is 11.0 Å². The van der Waals surface area contributed by atoms with Gasteiger partial charge < -0.3 is 24.6 Å². The number of phenols is 1. The molecule has 0 bridgehead atoms. The number of phenolic OH excluding ortho intramolecular Hbond substituents is 1. The maximum absolute atomic E-state index is 13.2. The number of nitrogens with zero attached hydrogens (tertiary/aromatic N) is 1. The van der Waals surface area contributed by atoms with Crippen LogP contribution in [-0.2, 0) is 15.0 Å². The molecule has 2 aromatic carbocycles. The van der Waals surface area contributed by atoms with Crippen molar-refractivity contribution in [2.45, 2.75) is 52.5 Å². The van der Waals surface area contributed by atoms with Crippen LogP contribution in [0.4, 0.5) is 0 Å². The number of aromatic hydroxyl groups is 1. The van der Waals surface area contributed by atoms with Gasteiger partial charge in [0.15, 0.2) is 11.5 Å². The maximum atomic E-state index is 13.2. The van der Waals surface area contributed by atoms with Crippen molar-refractivity contribution in [1.82, 2.24) is 4.90 Å². The number of ether oxygens (including phenoxy) is 2. The number of benzene rings is 2. The van der Waals surface area contributed by atoms with Crippen LogP contribution in [0.5, 0.6) is 17.2 Å². The molecule has 2 N–H and O–H groups in total. The van der Waals surface area contributed by atoms with Gasteiger partial charge in [0.05, 0.1) is 25.3 Å². The van der Waals surface area contributed by atoms with Gasteiger partial charge in [-0.1, -0.05) is 33.8 Å². The van der Waals surface area contributed by atoms with E-state index in [2.05, 4.69) is 0 Å². The summed E-state index contributed by atoms with van der Waals surface area (Å²) in [5.41, 5.74) is 1.59. The Bertz CT molecular complexity index is 1130. The van der Waals surface area contributed by atoms with Gasteiger partial charge in [0.25, 0.3) is 11.7 Å². The summed E-state index contributed by atoms with van der Waals surface area (Å²) in [6, 6.07) is 9.13. The summed E-state index contributed by atoms with van der Waals surface area (Å²) in [4.78, 5) is 27.6. The zero-order valence-electron chi connectivity index (χ0n) is 20.6. The lowest BCUT2D eigenvalue weighted by Gasteiger charge is -2.26. The lowest BCUT2D eigenvalue weighted by atomic mass is 9.84. The maximum Gasteiger partial charge on any atom is 0.295 e. The average Bonchev–Trinajstić information content (AvgIpc) is 3.04. The molecule has 2 aromatic rings. The second-order valence-corrected chi connectivity index (χ2v) is 9.32. The lowest BCUT2D eigenvalue weighted by molar-refractivity contribution is -0.139. The molecule has 7 nitrogen and oxygen atoms in total. The molecule has 0 aromatic heterocycles. The smallest absolute Gasteiger partial charge is 0.295 e. The van der Waals surface area contributed by atoms with E-state index >= 15 is 0 Å². The number of hydrogen-bond acceptors (Lipinski definition) is 6. The van der Waals surface area contributed by atoms with Gasteiger partial charge in [0, 0.05) is 17.7 Å². The van der Waals surface area contributed by atoms with Crippen LogP contribution in [0.1, 0.15) is 63.8 Å². The molecule has 1 heterocycles. The predicted octanol–water partition coefficient (Wildman–Crippen LogP) is 4.93. The summed E-state index contributed by atoms with van der Waals surface area (Å²) >= 11 is 0. The Kier molecular flexibility index (Phi) is 7.24. The Hall–Kier alpha value is -3.48. The molecule has 1 amide bonds. The highest BCUT2D eigenvalue weighted by Gasteiger charge is 2.46. The number of ketones is 1. The second-order valence-electron chi connectivity index (χ2n) is 9.32. The van der Waals surface area contributed by atoms with Crippen LogP contribution in [-0.4, -0.2) is 47.1 Å². The quantitative estimate of drug-likeness (QED) is 0.341. The highest BCUT2D eigenvalue weighted by atomic mass is 16.5. The van der Waals surface area contributed by atoms with Crippen molar-refractivity contribution < 1.29 is 29.3 Å². The molecule has 0 saturated carbocycles.